The van der Waals surface area contributed by atoms with E-state index in [9.17, 15) is 0 Å². The highest BCUT2D eigenvalue weighted by atomic mass is 16.5. The minimum atomic E-state index is -0.697. The number of fused-ring (bicyclic) bond motifs is 4. The summed E-state index contributed by atoms with van der Waals surface area (Å²) in [6, 6.07) is 35.9. The molecule has 6 heterocycles. The molecule has 3 aliphatic heterocycles. The van der Waals surface area contributed by atoms with Gasteiger partial charge in [0.05, 0.1) is 18.0 Å². The summed E-state index contributed by atoms with van der Waals surface area (Å²) in [6.45, 7) is 0. The van der Waals surface area contributed by atoms with Crippen molar-refractivity contribution in [2.75, 3.05) is 0 Å². The second kappa shape index (κ2) is 6.17. The molecule has 3 aliphatic rings. The van der Waals surface area contributed by atoms with Crippen LogP contribution in [0.5, 0.6) is 11.6 Å². The van der Waals surface area contributed by atoms with Crippen LogP contribution in [0, 0.1) is 0 Å². The smallest absolute Gasteiger partial charge is 0.404 e. The first kappa shape index (κ1) is 18.4. The first-order valence-corrected chi connectivity index (χ1v) is 12.1. The molecule has 0 amide bonds. The van der Waals surface area contributed by atoms with Gasteiger partial charge in [-0.1, -0.05) is 65.2 Å². The average Bonchev–Trinajstić information content (AvgIpc) is 3.69. The molecule has 9 rings (SSSR count). The largest absolute Gasteiger partial charge is 0.526 e. The number of aromatic nitrogens is 5. The van der Waals surface area contributed by atoms with Crippen LogP contribution in [-0.4, -0.2) is 14.5 Å². The van der Waals surface area contributed by atoms with Gasteiger partial charge in [-0.2, -0.15) is 5.10 Å². The predicted octanol–water partition coefficient (Wildman–Crippen LogP) is 4.74. The van der Waals surface area contributed by atoms with Crippen molar-refractivity contribution in [1.82, 2.24) is 14.5 Å². The van der Waals surface area contributed by atoms with Gasteiger partial charge in [-0.3, -0.25) is 0 Å². The highest BCUT2D eigenvalue weighted by Gasteiger charge is 2.73. The fourth-order valence-corrected chi connectivity index (χ4v) is 6.16. The third-order valence-corrected chi connectivity index (χ3v) is 7.63. The fourth-order valence-electron chi connectivity index (χ4n) is 6.16. The Kier molecular flexibility index (Phi) is 3.15. The van der Waals surface area contributed by atoms with Crippen molar-refractivity contribution < 1.29 is 14.0 Å². The van der Waals surface area contributed by atoms with E-state index < -0.39 is 5.79 Å². The molecule has 6 aromatic rings. The lowest BCUT2D eigenvalue weighted by atomic mass is 10.0. The lowest BCUT2D eigenvalue weighted by Crippen LogP contribution is -2.76. The third kappa shape index (κ3) is 1.99. The number of hydrogen-bond donors (Lipinski definition) is 0. The minimum Gasteiger partial charge on any atom is -0.404 e. The molecule has 0 saturated carbocycles. The Balaban J connectivity index is 1.30. The summed E-state index contributed by atoms with van der Waals surface area (Å²) in [5.74, 6) is 0.966. The number of rotatable bonds is 2. The van der Waals surface area contributed by atoms with Crippen molar-refractivity contribution in [2.24, 2.45) is 0 Å². The molecule has 168 valence electrons. The lowest BCUT2D eigenvalue weighted by Gasteiger charge is -2.21. The molecule has 1 spiro atoms. The maximum atomic E-state index is 6.42. The fraction of sp³-hybridized carbons (Fsp3) is 0.0333. The maximum Gasteiger partial charge on any atom is 0.526 e. The van der Waals surface area contributed by atoms with E-state index in [1.807, 2.05) is 12.1 Å². The predicted molar refractivity (Wildman–Crippen MR) is 133 cm³/mol. The van der Waals surface area contributed by atoms with Crippen LogP contribution >= 0.6 is 0 Å². The molecule has 1 unspecified atom stereocenters. The Morgan fingerprint density at radius 1 is 0.750 bits per heavy atom. The molecule has 6 heteroatoms. The zero-order valence-corrected chi connectivity index (χ0v) is 19.1. The van der Waals surface area contributed by atoms with Gasteiger partial charge in [0.25, 0.3) is 0 Å². The van der Waals surface area contributed by atoms with Crippen LogP contribution in [-0.2, 0) is 5.79 Å². The lowest BCUT2D eigenvalue weighted by molar-refractivity contribution is -1.01. The van der Waals surface area contributed by atoms with Crippen LogP contribution in [0.15, 0.2) is 116 Å². The minimum absolute atomic E-state index is 0.697. The van der Waals surface area contributed by atoms with Crippen LogP contribution in [0.2, 0.25) is 0 Å². The Labute approximate surface area is 206 Å². The van der Waals surface area contributed by atoms with Crippen molar-refractivity contribution in [1.29, 1.82) is 0 Å². The van der Waals surface area contributed by atoms with E-state index in [0.29, 0.717) is 0 Å². The van der Waals surface area contributed by atoms with Crippen molar-refractivity contribution in [3.8, 4) is 51.1 Å². The van der Waals surface area contributed by atoms with E-state index in [4.69, 9.17) is 9.84 Å². The molecule has 0 fully saturated rings. The first-order valence-electron chi connectivity index (χ1n) is 12.1. The molecule has 1 atom stereocenters. The zero-order valence-electron chi connectivity index (χ0n) is 19.1. The van der Waals surface area contributed by atoms with E-state index in [-0.39, 0.29) is 0 Å². The average molecular weight is 466 g/mol. The van der Waals surface area contributed by atoms with Crippen LogP contribution in [0.25, 0.3) is 39.5 Å². The van der Waals surface area contributed by atoms with Gasteiger partial charge in [-0.05, 0) is 40.1 Å². The summed E-state index contributed by atoms with van der Waals surface area (Å²) in [5.41, 5.74) is 8.79. The monoisotopic (exact) mass is 465 g/mol. The first-order chi connectivity index (χ1) is 17.8. The van der Waals surface area contributed by atoms with Crippen molar-refractivity contribution in [3.63, 3.8) is 0 Å². The molecule has 0 N–H and O–H groups in total. The Morgan fingerprint density at radius 2 is 1.56 bits per heavy atom. The van der Waals surface area contributed by atoms with E-state index in [1.54, 1.807) is 0 Å². The van der Waals surface area contributed by atoms with Gasteiger partial charge in [-0.15, -0.1) is 9.36 Å². The topological polar surface area (TPSA) is 39.7 Å². The molecule has 6 nitrogen and oxygen atoms in total. The molecular formula is C30H19N5O+2. The molecule has 3 aromatic carbocycles. The quantitative estimate of drug-likeness (QED) is 0.346. The summed E-state index contributed by atoms with van der Waals surface area (Å²) in [5, 5.41) is 5.27. The van der Waals surface area contributed by atoms with Gasteiger partial charge >= 0.3 is 11.7 Å². The highest BCUT2D eigenvalue weighted by Crippen LogP contribution is 2.48. The van der Waals surface area contributed by atoms with Gasteiger partial charge in [0.15, 0.2) is 11.3 Å². The van der Waals surface area contributed by atoms with Gasteiger partial charge in [-0.25, -0.2) is 0 Å². The van der Waals surface area contributed by atoms with Gasteiger partial charge < -0.3 is 4.74 Å². The normalized spacial score (nSPS) is 17.2. The number of nitrogens with zero attached hydrogens (tertiary/aromatic N) is 5. The Bertz CT molecular complexity index is 1870. The van der Waals surface area contributed by atoms with Crippen LogP contribution < -0.4 is 14.0 Å². The number of benzene rings is 3. The standard InChI is InChI=1S/C30H19N5O/c1-2-7-20(8-3-1)21-13-15-22(16-14-21)23-19-26-24-9-5-12-28-34(24)30(35(26)31-23)29-25(10-4-11-27(29)36-28)32-17-6-18-33(30)32/h1-19H/q+2. The molecule has 0 saturated heterocycles. The van der Waals surface area contributed by atoms with Crippen LogP contribution in [0.1, 0.15) is 5.56 Å². The van der Waals surface area contributed by atoms with Gasteiger partial charge in [0, 0.05) is 17.7 Å². The van der Waals surface area contributed by atoms with E-state index >= 15 is 0 Å². The number of hydrogen-bond acceptors (Lipinski definition) is 2. The van der Waals surface area contributed by atoms with E-state index in [2.05, 4.69) is 122 Å². The zero-order chi connectivity index (χ0) is 23.4. The van der Waals surface area contributed by atoms with Gasteiger partial charge in [0.1, 0.15) is 11.4 Å². The van der Waals surface area contributed by atoms with Crippen LogP contribution in [0.4, 0.5) is 0 Å². The summed E-state index contributed by atoms with van der Waals surface area (Å²) in [6.07, 6.45) is 4.21. The SMILES string of the molecule is c1ccc(-c2ccc(-c3cc4n(n3)C35c6c(cccc6-n6ccc[n+]63)Oc3cccc-4[n+]35)cc2)cc1. The molecule has 0 aliphatic carbocycles. The summed E-state index contributed by atoms with van der Waals surface area (Å²) < 4.78 is 15.3. The summed E-state index contributed by atoms with van der Waals surface area (Å²) in [7, 11) is 0. The molecular weight excluding hydrogens is 446 g/mol. The van der Waals surface area contributed by atoms with E-state index in [1.165, 1.54) is 11.1 Å². The highest BCUT2D eigenvalue weighted by molar-refractivity contribution is 5.72. The summed E-state index contributed by atoms with van der Waals surface area (Å²) >= 11 is 0. The Morgan fingerprint density at radius 3 is 2.44 bits per heavy atom. The molecule has 36 heavy (non-hydrogen) atoms. The summed E-state index contributed by atoms with van der Waals surface area (Å²) in [4.78, 5) is 0. The molecule has 0 radical (unpaired) electrons. The second-order valence-corrected chi connectivity index (χ2v) is 9.42. The Hall–Kier alpha value is -4.97. The number of ether oxygens (including phenoxy) is 1. The van der Waals surface area contributed by atoms with E-state index in [0.717, 1.165) is 45.5 Å². The van der Waals surface area contributed by atoms with Crippen LogP contribution in [0.3, 0.4) is 0 Å². The van der Waals surface area contributed by atoms with Gasteiger partial charge in [0.2, 0.25) is 11.9 Å². The second-order valence-electron chi connectivity index (χ2n) is 9.42. The third-order valence-electron chi connectivity index (χ3n) is 7.63. The maximum absolute atomic E-state index is 6.42. The van der Waals surface area contributed by atoms with Crippen molar-refractivity contribution in [2.45, 2.75) is 5.79 Å². The molecule has 0 bridgehead atoms. The van der Waals surface area contributed by atoms with Crippen molar-refractivity contribution >= 4 is 0 Å². The number of pyridine rings is 1. The van der Waals surface area contributed by atoms with Crippen molar-refractivity contribution in [3.05, 3.63) is 121 Å². The molecule has 3 aromatic heterocycles.